The molecule has 0 radical (unpaired) electrons. The molecule has 7 heteroatoms. The Labute approximate surface area is 128 Å². The average molecular weight is 310 g/mol. The molecule has 1 heterocycles. The monoisotopic (exact) mass is 310 g/mol. The first-order valence-corrected chi connectivity index (χ1v) is 8.14. The van der Waals surface area contributed by atoms with Gasteiger partial charge in [0.05, 0.1) is 12.6 Å². The van der Waals surface area contributed by atoms with Crippen molar-refractivity contribution >= 4 is 23.3 Å². The number of carbonyl (C=O) groups is 2. The summed E-state index contributed by atoms with van der Waals surface area (Å²) in [6, 6.07) is -0.356. The van der Waals surface area contributed by atoms with Crippen LogP contribution in [0, 0.1) is 11.8 Å². The third kappa shape index (κ3) is 5.34. The zero-order valence-corrected chi connectivity index (χ0v) is 13.2. The van der Waals surface area contributed by atoms with E-state index in [0.29, 0.717) is 18.4 Å². The van der Waals surface area contributed by atoms with E-state index < -0.39 is 0 Å². The number of rotatable bonds is 7. The van der Waals surface area contributed by atoms with E-state index in [1.165, 1.54) is 0 Å². The molecule has 3 amide bonds. The van der Waals surface area contributed by atoms with Crippen LogP contribution in [-0.4, -0.2) is 30.0 Å². The number of hydrogen-bond donors (Lipinski definition) is 3. The molecule has 6 nitrogen and oxygen atoms in total. The summed E-state index contributed by atoms with van der Waals surface area (Å²) in [5.41, 5.74) is 0. The van der Waals surface area contributed by atoms with E-state index in [2.05, 4.69) is 20.9 Å². The minimum absolute atomic E-state index is 0.00614. The quantitative estimate of drug-likeness (QED) is 0.716. The molecular weight excluding hydrogens is 288 g/mol. The molecule has 1 unspecified atom stereocenters. The first-order valence-electron chi connectivity index (χ1n) is 7.26. The highest BCUT2D eigenvalue weighted by Gasteiger charge is 2.34. The topological polar surface area (TPSA) is 83.1 Å². The van der Waals surface area contributed by atoms with Crippen LogP contribution >= 0.6 is 11.3 Å². The highest BCUT2D eigenvalue weighted by atomic mass is 32.1. The lowest BCUT2D eigenvalue weighted by atomic mass is 10.2. The summed E-state index contributed by atoms with van der Waals surface area (Å²) in [5.74, 6) is 0.694. The van der Waals surface area contributed by atoms with E-state index in [4.69, 9.17) is 0 Å². The van der Waals surface area contributed by atoms with E-state index in [-0.39, 0.29) is 24.5 Å². The third-order valence-corrected chi connectivity index (χ3v) is 4.07. The van der Waals surface area contributed by atoms with Crippen molar-refractivity contribution in [3.63, 3.8) is 0 Å². The zero-order chi connectivity index (χ0) is 15.2. The molecule has 1 aliphatic rings. The van der Waals surface area contributed by atoms with Gasteiger partial charge in [0, 0.05) is 18.1 Å². The maximum Gasteiger partial charge on any atom is 0.315 e. The van der Waals surface area contributed by atoms with Gasteiger partial charge < -0.3 is 16.0 Å². The molecule has 116 valence electrons. The molecule has 1 aromatic rings. The van der Waals surface area contributed by atoms with Gasteiger partial charge in [0.15, 0.2) is 0 Å². The lowest BCUT2D eigenvalue weighted by Gasteiger charge is -2.16. The second-order valence-electron chi connectivity index (χ2n) is 5.71. The van der Waals surface area contributed by atoms with Gasteiger partial charge >= 0.3 is 6.03 Å². The summed E-state index contributed by atoms with van der Waals surface area (Å²) in [5, 5.41) is 11.1. The zero-order valence-electron chi connectivity index (χ0n) is 12.4. The molecule has 2 rings (SSSR count). The van der Waals surface area contributed by atoms with Gasteiger partial charge in [0.25, 0.3) is 0 Å². The Kier molecular flexibility index (Phi) is 5.55. The number of amides is 3. The molecular formula is C14H22N4O2S. The molecule has 3 N–H and O–H groups in total. The first-order chi connectivity index (χ1) is 10.1. The summed E-state index contributed by atoms with van der Waals surface area (Å²) in [6.07, 6.45) is 3.97. The largest absolute Gasteiger partial charge is 0.354 e. The van der Waals surface area contributed by atoms with Crippen LogP contribution in [-0.2, 0) is 4.79 Å². The van der Waals surface area contributed by atoms with E-state index in [1.54, 1.807) is 17.5 Å². The maximum absolute atomic E-state index is 11.9. The Balaban J connectivity index is 1.74. The second-order valence-corrected chi connectivity index (χ2v) is 6.64. The summed E-state index contributed by atoms with van der Waals surface area (Å²) < 4.78 is 0. The van der Waals surface area contributed by atoms with E-state index in [0.717, 1.165) is 17.8 Å². The second kappa shape index (κ2) is 7.40. The number of hydrogen-bond acceptors (Lipinski definition) is 4. The fourth-order valence-electron chi connectivity index (χ4n) is 1.93. The molecule has 1 fully saturated rings. The van der Waals surface area contributed by atoms with Crippen LogP contribution in [0.3, 0.4) is 0 Å². The van der Waals surface area contributed by atoms with Gasteiger partial charge in [-0.05, 0) is 24.7 Å². The summed E-state index contributed by atoms with van der Waals surface area (Å²) in [7, 11) is 0. The predicted octanol–water partition coefficient (Wildman–Crippen LogP) is 1.67. The molecule has 1 atom stereocenters. The Morgan fingerprint density at radius 1 is 1.38 bits per heavy atom. The predicted molar refractivity (Wildman–Crippen MR) is 82.0 cm³/mol. The van der Waals surface area contributed by atoms with Crippen LogP contribution in [0.1, 0.15) is 37.7 Å². The van der Waals surface area contributed by atoms with Gasteiger partial charge in [0.2, 0.25) is 5.91 Å². The minimum atomic E-state index is -0.318. The summed E-state index contributed by atoms with van der Waals surface area (Å²) >= 11 is 1.54. The lowest BCUT2D eigenvalue weighted by molar-refractivity contribution is -0.120. The standard InChI is InChI=1S/C14H22N4O2S/c1-9(2)7-16-11(19)8-17-14(20)18-12(10-3-4-10)13-15-5-6-21-13/h5-6,9-10,12H,3-4,7-8H2,1-2H3,(H,16,19)(H2,17,18,20). The number of carbonyl (C=O) groups excluding carboxylic acids is 2. The van der Waals surface area contributed by atoms with Crippen molar-refractivity contribution in [2.75, 3.05) is 13.1 Å². The van der Waals surface area contributed by atoms with E-state index in [9.17, 15) is 9.59 Å². The van der Waals surface area contributed by atoms with Crippen molar-refractivity contribution in [2.24, 2.45) is 11.8 Å². The van der Waals surface area contributed by atoms with Crippen LogP contribution in [0.4, 0.5) is 4.79 Å². The van der Waals surface area contributed by atoms with Gasteiger partial charge in [-0.25, -0.2) is 9.78 Å². The average Bonchev–Trinajstić information content (AvgIpc) is 3.14. The third-order valence-electron chi connectivity index (χ3n) is 3.21. The Morgan fingerprint density at radius 2 is 2.14 bits per heavy atom. The van der Waals surface area contributed by atoms with Crippen molar-refractivity contribution in [1.29, 1.82) is 0 Å². The molecule has 21 heavy (non-hydrogen) atoms. The van der Waals surface area contributed by atoms with Gasteiger partial charge in [-0.15, -0.1) is 11.3 Å². The van der Waals surface area contributed by atoms with Gasteiger partial charge in [-0.2, -0.15) is 0 Å². The molecule has 0 spiro atoms. The van der Waals surface area contributed by atoms with Crippen molar-refractivity contribution in [3.05, 3.63) is 16.6 Å². The highest BCUT2D eigenvalue weighted by Crippen LogP contribution is 2.41. The van der Waals surface area contributed by atoms with Gasteiger partial charge in [0.1, 0.15) is 5.01 Å². The van der Waals surface area contributed by atoms with Crippen molar-refractivity contribution in [1.82, 2.24) is 20.9 Å². The fraction of sp³-hybridized carbons (Fsp3) is 0.643. The normalized spacial score (nSPS) is 15.6. The number of aromatic nitrogens is 1. The highest BCUT2D eigenvalue weighted by molar-refractivity contribution is 7.09. The smallest absolute Gasteiger partial charge is 0.315 e. The van der Waals surface area contributed by atoms with Crippen LogP contribution in [0.25, 0.3) is 0 Å². The van der Waals surface area contributed by atoms with Crippen LogP contribution < -0.4 is 16.0 Å². The molecule has 0 aliphatic heterocycles. The van der Waals surface area contributed by atoms with Crippen LogP contribution in [0.15, 0.2) is 11.6 Å². The minimum Gasteiger partial charge on any atom is -0.354 e. The van der Waals surface area contributed by atoms with Crippen LogP contribution in [0.5, 0.6) is 0 Å². The Bertz CT molecular complexity index is 471. The number of urea groups is 1. The van der Waals surface area contributed by atoms with Crippen molar-refractivity contribution < 1.29 is 9.59 Å². The molecule has 0 saturated heterocycles. The molecule has 1 aromatic heterocycles. The van der Waals surface area contributed by atoms with Crippen LogP contribution in [0.2, 0.25) is 0 Å². The lowest BCUT2D eigenvalue weighted by Crippen LogP contribution is -2.44. The van der Waals surface area contributed by atoms with Gasteiger partial charge in [-0.3, -0.25) is 4.79 Å². The van der Waals surface area contributed by atoms with Gasteiger partial charge in [-0.1, -0.05) is 13.8 Å². The SMILES string of the molecule is CC(C)CNC(=O)CNC(=O)NC(c1nccs1)C1CC1. The molecule has 0 bridgehead atoms. The van der Waals surface area contributed by atoms with E-state index >= 15 is 0 Å². The molecule has 0 aromatic carbocycles. The molecule has 1 aliphatic carbocycles. The number of nitrogens with zero attached hydrogens (tertiary/aromatic N) is 1. The fourth-order valence-corrected chi connectivity index (χ4v) is 2.71. The van der Waals surface area contributed by atoms with Crippen molar-refractivity contribution in [2.45, 2.75) is 32.7 Å². The van der Waals surface area contributed by atoms with E-state index in [1.807, 2.05) is 19.2 Å². The molecule has 1 saturated carbocycles. The number of thiazole rings is 1. The first kappa shape index (κ1) is 15.8. The maximum atomic E-state index is 11.9. The Hall–Kier alpha value is -1.63. The Morgan fingerprint density at radius 3 is 2.71 bits per heavy atom. The van der Waals surface area contributed by atoms with Crippen molar-refractivity contribution in [3.8, 4) is 0 Å². The summed E-state index contributed by atoms with van der Waals surface area (Å²) in [4.78, 5) is 27.7. The number of nitrogens with one attached hydrogen (secondary N) is 3. The summed E-state index contributed by atoms with van der Waals surface area (Å²) in [6.45, 7) is 4.66.